The summed E-state index contributed by atoms with van der Waals surface area (Å²) in [5.41, 5.74) is 4.78. The molecule has 0 aromatic heterocycles. The second kappa shape index (κ2) is 11.0. The van der Waals surface area contributed by atoms with Crippen LogP contribution in [0.1, 0.15) is 41.1 Å². The second-order valence-electron chi connectivity index (χ2n) is 9.38. The predicted octanol–water partition coefficient (Wildman–Crippen LogP) is 6.55. The molecule has 1 aliphatic heterocycles. The molecule has 3 aromatic rings. The first-order valence-corrected chi connectivity index (χ1v) is 12.2. The Morgan fingerprint density at radius 1 is 1.11 bits per heavy atom. The molecule has 3 aromatic carbocycles. The third-order valence-corrected chi connectivity index (χ3v) is 6.69. The standard InChI is InChI=1S/C29H29F3N4O/c1-35(2)24-17-22-19-36(28(37)34-27(9-6-15-33)21-7-4-3-5-8-21)16-14-25(22)26(18-24)20-10-12-23(13-11-20)29(30,31)32/h3-5,7-8,10-13,17-18,27H,6,9,14,16,19H2,1-2H3,(H,34,37)/t27-/m0/s1. The van der Waals surface area contributed by atoms with Crippen LogP contribution in [-0.4, -0.2) is 31.6 Å². The van der Waals surface area contributed by atoms with E-state index in [1.165, 1.54) is 12.1 Å². The van der Waals surface area contributed by atoms with Crippen LogP contribution in [-0.2, 0) is 19.1 Å². The van der Waals surface area contributed by atoms with Crippen LogP contribution in [0.2, 0.25) is 0 Å². The van der Waals surface area contributed by atoms with Gasteiger partial charge in [0, 0.05) is 39.3 Å². The van der Waals surface area contributed by atoms with E-state index in [4.69, 9.17) is 5.26 Å². The van der Waals surface area contributed by atoms with E-state index in [0.717, 1.165) is 40.1 Å². The van der Waals surface area contributed by atoms with Crippen molar-refractivity contribution in [2.75, 3.05) is 25.5 Å². The van der Waals surface area contributed by atoms with Crippen molar-refractivity contribution in [3.63, 3.8) is 0 Å². The molecule has 0 aliphatic carbocycles. The van der Waals surface area contributed by atoms with Crippen molar-refractivity contribution in [2.24, 2.45) is 0 Å². The van der Waals surface area contributed by atoms with Crippen LogP contribution >= 0.6 is 0 Å². The summed E-state index contributed by atoms with van der Waals surface area (Å²) in [6.45, 7) is 0.865. The van der Waals surface area contributed by atoms with E-state index >= 15 is 0 Å². The first kappa shape index (κ1) is 26.1. The minimum atomic E-state index is -4.39. The lowest BCUT2D eigenvalue weighted by atomic mass is 9.89. The van der Waals surface area contributed by atoms with Gasteiger partial charge < -0.3 is 15.1 Å². The number of urea groups is 1. The van der Waals surface area contributed by atoms with Gasteiger partial charge in [0.2, 0.25) is 0 Å². The molecule has 2 amide bonds. The summed E-state index contributed by atoms with van der Waals surface area (Å²) in [7, 11) is 3.82. The number of amides is 2. The number of benzene rings is 3. The third kappa shape index (κ3) is 6.05. The van der Waals surface area contributed by atoms with Crippen LogP contribution in [0.5, 0.6) is 0 Å². The molecule has 0 bridgehead atoms. The van der Waals surface area contributed by atoms with Crippen molar-refractivity contribution in [1.82, 2.24) is 10.2 Å². The Labute approximate surface area is 215 Å². The second-order valence-corrected chi connectivity index (χ2v) is 9.38. The number of fused-ring (bicyclic) bond motifs is 1. The summed E-state index contributed by atoms with van der Waals surface area (Å²) < 4.78 is 39.3. The van der Waals surface area contributed by atoms with Crippen LogP contribution in [0, 0.1) is 11.3 Å². The fourth-order valence-corrected chi connectivity index (χ4v) is 4.67. The quantitative estimate of drug-likeness (QED) is 0.412. The number of hydrogen-bond donors (Lipinski definition) is 1. The Kier molecular flexibility index (Phi) is 7.72. The lowest BCUT2D eigenvalue weighted by molar-refractivity contribution is -0.137. The molecule has 1 aliphatic rings. The fourth-order valence-electron chi connectivity index (χ4n) is 4.67. The maximum Gasteiger partial charge on any atom is 0.416 e. The van der Waals surface area contributed by atoms with Gasteiger partial charge in [-0.05, 0) is 64.9 Å². The first-order chi connectivity index (χ1) is 17.7. The summed E-state index contributed by atoms with van der Waals surface area (Å²) in [4.78, 5) is 17.0. The van der Waals surface area contributed by atoms with Crippen molar-refractivity contribution in [3.05, 3.63) is 89.0 Å². The molecule has 4 rings (SSSR count). The number of anilines is 1. The number of carbonyl (C=O) groups excluding carboxylic acids is 1. The Morgan fingerprint density at radius 3 is 2.43 bits per heavy atom. The van der Waals surface area contributed by atoms with E-state index in [2.05, 4.69) is 11.4 Å². The normalized spacial score (nSPS) is 13.9. The van der Waals surface area contributed by atoms with E-state index < -0.39 is 11.7 Å². The molecule has 8 heteroatoms. The van der Waals surface area contributed by atoms with Crippen molar-refractivity contribution in [2.45, 2.75) is 38.0 Å². The van der Waals surface area contributed by atoms with Gasteiger partial charge in [-0.1, -0.05) is 42.5 Å². The molecule has 1 N–H and O–H groups in total. The zero-order chi connectivity index (χ0) is 26.6. The molecule has 0 unspecified atom stereocenters. The molecular formula is C29H29F3N4O. The zero-order valence-electron chi connectivity index (χ0n) is 20.8. The highest BCUT2D eigenvalue weighted by molar-refractivity contribution is 5.78. The topological polar surface area (TPSA) is 59.4 Å². The summed E-state index contributed by atoms with van der Waals surface area (Å²) in [6.07, 6.45) is -2.96. The number of nitriles is 1. The number of halogens is 3. The monoisotopic (exact) mass is 506 g/mol. The van der Waals surface area contributed by atoms with Crippen LogP contribution < -0.4 is 10.2 Å². The number of carbonyl (C=O) groups is 1. The van der Waals surface area contributed by atoms with Gasteiger partial charge in [-0.2, -0.15) is 18.4 Å². The smallest absolute Gasteiger partial charge is 0.378 e. The van der Waals surface area contributed by atoms with Gasteiger partial charge in [-0.3, -0.25) is 0 Å². The van der Waals surface area contributed by atoms with Gasteiger partial charge in [0.15, 0.2) is 0 Å². The summed E-state index contributed by atoms with van der Waals surface area (Å²) >= 11 is 0. The molecular weight excluding hydrogens is 477 g/mol. The fraction of sp³-hybridized carbons (Fsp3) is 0.310. The van der Waals surface area contributed by atoms with Crippen molar-refractivity contribution in [1.29, 1.82) is 5.26 Å². The van der Waals surface area contributed by atoms with Gasteiger partial charge in [0.25, 0.3) is 0 Å². The van der Waals surface area contributed by atoms with Crippen LogP contribution in [0.4, 0.5) is 23.7 Å². The minimum Gasteiger partial charge on any atom is -0.378 e. The van der Waals surface area contributed by atoms with E-state index in [0.29, 0.717) is 37.9 Å². The number of hydrogen-bond acceptors (Lipinski definition) is 3. The Balaban J connectivity index is 1.60. The van der Waals surface area contributed by atoms with Crippen molar-refractivity contribution in [3.8, 4) is 17.2 Å². The summed E-state index contributed by atoms with van der Waals surface area (Å²) in [5.74, 6) is 0. The SMILES string of the molecule is CN(C)c1cc2c(c(-c3ccc(C(F)(F)F)cc3)c1)CCN(C(=O)N[C@@H](CCC#N)c1ccccc1)C2. The first-order valence-electron chi connectivity index (χ1n) is 12.2. The van der Waals surface area contributed by atoms with E-state index in [-0.39, 0.29) is 12.1 Å². The maximum absolute atomic E-state index is 13.3. The zero-order valence-corrected chi connectivity index (χ0v) is 20.8. The molecule has 0 saturated heterocycles. The largest absolute Gasteiger partial charge is 0.416 e. The molecule has 0 fully saturated rings. The number of nitrogens with zero attached hydrogens (tertiary/aromatic N) is 3. The molecule has 0 spiro atoms. The molecule has 192 valence electrons. The maximum atomic E-state index is 13.3. The molecule has 37 heavy (non-hydrogen) atoms. The van der Waals surface area contributed by atoms with Crippen LogP contribution in [0.25, 0.3) is 11.1 Å². The van der Waals surface area contributed by atoms with E-state index in [9.17, 15) is 18.0 Å². The van der Waals surface area contributed by atoms with Gasteiger partial charge in [0.1, 0.15) is 0 Å². The van der Waals surface area contributed by atoms with Gasteiger partial charge >= 0.3 is 12.2 Å². The average molecular weight is 507 g/mol. The van der Waals surface area contributed by atoms with Crippen molar-refractivity contribution >= 4 is 11.7 Å². The predicted molar refractivity (Wildman–Crippen MR) is 138 cm³/mol. The molecule has 5 nitrogen and oxygen atoms in total. The van der Waals surface area contributed by atoms with E-state index in [1.807, 2.05) is 61.5 Å². The summed E-state index contributed by atoms with van der Waals surface area (Å²) in [5, 5.41) is 12.2. The highest BCUT2D eigenvalue weighted by Gasteiger charge is 2.30. The van der Waals surface area contributed by atoms with Gasteiger partial charge in [-0.25, -0.2) is 4.79 Å². The minimum absolute atomic E-state index is 0.205. The Hall–Kier alpha value is -3.99. The Bertz CT molecular complexity index is 1280. The molecule has 0 saturated carbocycles. The van der Waals surface area contributed by atoms with Gasteiger partial charge in [-0.15, -0.1) is 0 Å². The Morgan fingerprint density at radius 2 is 1.81 bits per heavy atom. The van der Waals surface area contributed by atoms with Crippen LogP contribution in [0.15, 0.2) is 66.7 Å². The van der Waals surface area contributed by atoms with E-state index in [1.54, 1.807) is 4.90 Å². The lowest BCUT2D eigenvalue weighted by Crippen LogP contribution is -2.44. The number of rotatable bonds is 6. The molecule has 0 radical (unpaired) electrons. The van der Waals surface area contributed by atoms with Gasteiger partial charge in [0.05, 0.1) is 17.7 Å². The lowest BCUT2D eigenvalue weighted by Gasteiger charge is -2.33. The van der Waals surface area contributed by atoms with Crippen LogP contribution in [0.3, 0.4) is 0 Å². The third-order valence-electron chi connectivity index (χ3n) is 6.69. The average Bonchev–Trinajstić information content (AvgIpc) is 2.90. The number of alkyl halides is 3. The molecule has 1 heterocycles. The highest BCUT2D eigenvalue weighted by atomic mass is 19.4. The number of nitrogens with one attached hydrogen (secondary N) is 1. The molecule has 1 atom stereocenters. The van der Waals surface area contributed by atoms with Crippen molar-refractivity contribution < 1.29 is 18.0 Å². The highest BCUT2D eigenvalue weighted by Crippen LogP contribution is 2.36. The summed E-state index contributed by atoms with van der Waals surface area (Å²) in [6, 6.07) is 20.5.